The minimum atomic E-state index is -0.905. The second-order valence-corrected chi connectivity index (χ2v) is 5.72. The fourth-order valence-electron chi connectivity index (χ4n) is 2.86. The average molecular weight is 270 g/mol. The molecule has 2 heterocycles. The van der Waals surface area contributed by atoms with Crippen molar-refractivity contribution in [2.75, 3.05) is 18.0 Å². The Hall–Kier alpha value is -2.10. The van der Waals surface area contributed by atoms with Gasteiger partial charge in [-0.25, -0.2) is 4.79 Å². The Labute approximate surface area is 118 Å². The Morgan fingerprint density at radius 1 is 1.25 bits per heavy atom. The molecule has 0 radical (unpaired) electrons. The summed E-state index contributed by atoms with van der Waals surface area (Å²) in [5.41, 5.74) is 2.13. The summed E-state index contributed by atoms with van der Waals surface area (Å²) in [5.74, 6) is 0.426. The minimum Gasteiger partial charge on any atom is -0.478 e. The summed E-state index contributed by atoms with van der Waals surface area (Å²) in [7, 11) is 0. The number of nitrogens with zero attached hydrogens (tertiary/aromatic N) is 2. The first kappa shape index (κ1) is 12.9. The topological polar surface area (TPSA) is 53.4 Å². The van der Waals surface area contributed by atoms with Gasteiger partial charge in [-0.05, 0) is 36.1 Å². The largest absolute Gasteiger partial charge is 0.478 e. The molecule has 1 aromatic carbocycles. The number of rotatable bonds is 2. The van der Waals surface area contributed by atoms with Gasteiger partial charge >= 0.3 is 5.97 Å². The van der Waals surface area contributed by atoms with Gasteiger partial charge in [0.1, 0.15) is 0 Å². The standard InChI is InChI=1S/C16H18N2O2/c1-10-8-18(9-11(10)2)12-3-4-15-14(7-12)13(16(19)20)5-6-17-15/h3-7,10-11H,8-9H2,1-2H3,(H,19,20)/t10-,11-/m1/s1. The number of aromatic nitrogens is 1. The van der Waals surface area contributed by atoms with E-state index in [1.54, 1.807) is 12.3 Å². The van der Waals surface area contributed by atoms with Crippen LogP contribution in [0.2, 0.25) is 0 Å². The van der Waals surface area contributed by atoms with Crippen molar-refractivity contribution < 1.29 is 9.90 Å². The lowest BCUT2D eigenvalue weighted by Crippen LogP contribution is -2.19. The predicted octanol–water partition coefficient (Wildman–Crippen LogP) is 3.03. The third-order valence-electron chi connectivity index (χ3n) is 4.31. The highest BCUT2D eigenvalue weighted by molar-refractivity contribution is 6.03. The molecular weight excluding hydrogens is 252 g/mol. The zero-order valence-electron chi connectivity index (χ0n) is 11.7. The van der Waals surface area contributed by atoms with E-state index in [-0.39, 0.29) is 0 Å². The van der Waals surface area contributed by atoms with Crippen molar-refractivity contribution in [1.82, 2.24) is 4.98 Å². The van der Waals surface area contributed by atoms with E-state index in [4.69, 9.17) is 0 Å². The molecule has 1 aliphatic heterocycles. The van der Waals surface area contributed by atoms with Crippen LogP contribution in [0.5, 0.6) is 0 Å². The van der Waals surface area contributed by atoms with E-state index >= 15 is 0 Å². The van der Waals surface area contributed by atoms with Gasteiger partial charge in [0.25, 0.3) is 0 Å². The van der Waals surface area contributed by atoms with Crippen molar-refractivity contribution in [1.29, 1.82) is 0 Å². The van der Waals surface area contributed by atoms with E-state index in [1.807, 2.05) is 18.2 Å². The van der Waals surface area contributed by atoms with Gasteiger partial charge in [-0.2, -0.15) is 0 Å². The van der Waals surface area contributed by atoms with Crippen LogP contribution >= 0.6 is 0 Å². The van der Waals surface area contributed by atoms with Gasteiger partial charge in [0.2, 0.25) is 0 Å². The number of carboxylic acids is 1. The number of hydrogen-bond donors (Lipinski definition) is 1. The molecule has 1 aromatic heterocycles. The molecule has 0 aliphatic carbocycles. The van der Waals surface area contributed by atoms with Crippen LogP contribution in [-0.2, 0) is 0 Å². The fourth-order valence-corrected chi connectivity index (χ4v) is 2.86. The molecule has 0 unspecified atom stereocenters. The molecule has 1 fully saturated rings. The van der Waals surface area contributed by atoms with E-state index in [0.717, 1.165) is 24.3 Å². The van der Waals surface area contributed by atoms with Crippen LogP contribution < -0.4 is 4.90 Å². The maximum atomic E-state index is 11.3. The summed E-state index contributed by atoms with van der Waals surface area (Å²) in [6.45, 7) is 6.57. The number of anilines is 1. The number of carbonyl (C=O) groups is 1. The lowest BCUT2D eigenvalue weighted by molar-refractivity contribution is 0.0699. The Morgan fingerprint density at radius 3 is 2.60 bits per heavy atom. The third-order valence-corrected chi connectivity index (χ3v) is 4.31. The molecule has 2 aromatic rings. The SMILES string of the molecule is C[C@@H]1CN(c2ccc3nccc(C(=O)O)c3c2)C[C@H]1C. The van der Waals surface area contributed by atoms with E-state index in [0.29, 0.717) is 22.8 Å². The minimum absolute atomic E-state index is 0.317. The normalized spacial score (nSPS) is 22.4. The zero-order valence-corrected chi connectivity index (χ0v) is 11.7. The van der Waals surface area contributed by atoms with Gasteiger partial charge in [-0.3, -0.25) is 4.98 Å². The van der Waals surface area contributed by atoms with Gasteiger partial charge in [0, 0.05) is 30.4 Å². The molecule has 20 heavy (non-hydrogen) atoms. The summed E-state index contributed by atoms with van der Waals surface area (Å²) in [5, 5.41) is 9.99. The number of hydrogen-bond acceptors (Lipinski definition) is 3. The monoisotopic (exact) mass is 270 g/mol. The average Bonchev–Trinajstić information content (AvgIpc) is 2.77. The molecule has 0 saturated carbocycles. The molecule has 1 N–H and O–H groups in total. The van der Waals surface area contributed by atoms with Crippen molar-refractivity contribution in [2.24, 2.45) is 11.8 Å². The van der Waals surface area contributed by atoms with Crippen LogP contribution in [0.15, 0.2) is 30.5 Å². The lowest BCUT2D eigenvalue weighted by atomic mass is 10.0. The molecule has 0 amide bonds. The maximum absolute atomic E-state index is 11.3. The second kappa shape index (κ2) is 4.78. The van der Waals surface area contributed by atoms with Crippen molar-refractivity contribution in [2.45, 2.75) is 13.8 Å². The Morgan fingerprint density at radius 2 is 1.95 bits per heavy atom. The van der Waals surface area contributed by atoms with E-state index in [1.165, 1.54) is 0 Å². The van der Waals surface area contributed by atoms with Crippen LogP contribution in [0.4, 0.5) is 5.69 Å². The Balaban J connectivity index is 2.06. The molecule has 0 spiro atoms. The first-order valence-electron chi connectivity index (χ1n) is 6.93. The van der Waals surface area contributed by atoms with Crippen molar-refractivity contribution >= 4 is 22.6 Å². The summed E-state index contributed by atoms with van der Waals surface area (Å²) >= 11 is 0. The van der Waals surface area contributed by atoms with Gasteiger partial charge in [0.05, 0.1) is 11.1 Å². The number of carboxylic acid groups (broad SMARTS) is 1. The summed E-state index contributed by atoms with van der Waals surface area (Å²) < 4.78 is 0. The van der Waals surface area contributed by atoms with E-state index in [2.05, 4.69) is 23.7 Å². The first-order chi connectivity index (χ1) is 9.56. The first-order valence-corrected chi connectivity index (χ1v) is 6.93. The van der Waals surface area contributed by atoms with E-state index < -0.39 is 5.97 Å². The molecule has 104 valence electrons. The van der Waals surface area contributed by atoms with Crippen molar-refractivity contribution in [3.05, 3.63) is 36.0 Å². The molecule has 3 rings (SSSR count). The number of aromatic carboxylic acids is 1. The van der Waals surface area contributed by atoms with Crippen molar-refractivity contribution in [3.8, 4) is 0 Å². The van der Waals surface area contributed by atoms with Gasteiger partial charge in [0.15, 0.2) is 0 Å². The Kier molecular flexibility index (Phi) is 3.08. The molecule has 1 saturated heterocycles. The molecular formula is C16H18N2O2. The molecule has 2 atom stereocenters. The van der Waals surface area contributed by atoms with Crippen LogP contribution in [0.25, 0.3) is 10.9 Å². The highest BCUT2D eigenvalue weighted by atomic mass is 16.4. The van der Waals surface area contributed by atoms with Gasteiger partial charge < -0.3 is 10.0 Å². The van der Waals surface area contributed by atoms with E-state index in [9.17, 15) is 9.90 Å². The summed E-state index contributed by atoms with van der Waals surface area (Å²) in [6, 6.07) is 7.46. The van der Waals surface area contributed by atoms with Crippen LogP contribution in [0, 0.1) is 11.8 Å². The predicted molar refractivity (Wildman–Crippen MR) is 79.2 cm³/mol. The highest BCUT2D eigenvalue weighted by Gasteiger charge is 2.26. The van der Waals surface area contributed by atoms with Crippen LogP contribution in [0.3, 0.4) is 0 Å². The van der Waals surface area contributed by atoms with Crippen molar-refractivity contribution in [3.63, 3.8) is 0 Å². The van der Waals surface area contributed by atoms with Crippen LogP contribution in [-0.4, -0.2) is 29.1 Å². The Bertz CT molecular complexity index is 659. The molecule has 4 heteroatoms. The summed E-state index contributed by atoms with van der Waals surface area (Å²) in [4.78, 5) is 17.9. The number of fused-ring (bicyclic) bond motifs is 1. The van der Waals surface area contributed by atoms with Gasteiger partial charge in [-0.1, -0.05) is 13.8 Å². The number of benzene rings is 1. The van der Waals surface area contributed by atoms with Gasteiger partial charge in [-0.15, -0.1) is 0 Å². The molecule has 0 bridgehead atoms. The number of pyridine rings is 1. The third kappa shape index (κ3) is 2.11. The smallest absolute Gasteiger partial charge is 0.336 e. The lowest BCUT2D eigenvalue weighted by Gasteiger charge is -2.19. The fraction of sp³-hybridized carbons (Fsp3) is 0.375. The molecule has 1 aliphatic rings. The molecule has 4 nitrogen and oxygen atoms in total. The van der Waals surface area contributed by atoms with Crippen LogP contribution in [0.1, 0.15) is 24.2 Å². The summed E-state index contributed by atoms with van der Waals surface area (Å²) in [6.07, 6.45) is 1.55. The second-order valence-electron chi connectivity index (χ2n) is 5.72. The highest BCUT2D eigenvalue weighted by Crippen LogP contribution is 2.30. The zero-order chi connectivity index (χ0) is 14.3. The quantitative estimate of drug-likeness (QED) is 0.911. The maximum Gasteiger partial charge on any atom is 0.336 e.